The second-order valence-electron chi connectivity index (χ2n) is 3.55. The molecule has 1 aliphatic carbocycles. The van der Waals surface area contributed by atoms with Crippen LogP contribution >= 0.6 is 0 Å². The molecule has 1 aliphatic rings. The first-order chi connectivity index (χ1) is 6.68. The number of fused-ring (bicyclic) bond motifs is 1. The predicted octanol–water partition coefficient (Wildman–Crippen LogP) is 1.82. The van der Waals surface area contributed by atoms with Crippen LogP contribution in [0.15, 0.2) is 18.2 Å². The molecule has 2 N–H and O–H groups in total. The van der Waals surface area contributed by atoms with Crippen LogP contribution in [0.2, 0.25) is 0 Å². The van der Waals surface area contributed by atoms with Crippen LogP contribution in [0.1, 0.15) is 30.6 Å². The van der Waals surface area contributed by atoms with Gasteiger partial charge in [0, 0.05) is 12.6 Å². The van der Waals surface area contributed by atoms with Crippen LogP contribution < -0.4 is 5.73 Å². The van der Waals surface area contributed by atoms with Gasteiger partial charge in [-0.25, -0.2) is 0 Å². The van der Waals surface area contributed by atoms with Crippen LogP contribution in [-0.4, -0.2) is 5.97 Å². The van der Waals surface area contributed by atoms with E-state index in [-0.39, 0.29) is 12.1 Å². The quantitative estimate of drug-likeness (QED) is 0.544. The molecule has 0 radical (unpaired) electrons. The van der Waals surface area contributed by atoms with Crippen molar-refractivity contribution in [1.82, 2.24) is 0 Å². The Morgan fingerprint density at radius 3 is 3.07 bits per heavy atom. The summed E-state index contributed by atoms with van der Waals surface area (Å²) in [5, 5.41) is 0. The van der Waals surface area contributed by atoms with Gasteiger partial charge in [0.25, 0.3) is 0 Å². The fourth-order valence-corrected chi connectivity index (χ4v) is 1.97. The maximum atomic E-state index is 10.8. The predicted molar refractivity (Wildman–Crippen MR) is 53.7 cm³/mol. The highest BCUT2D eigenvalue weighted by Crippen LogP contribution is 2.36. The highest BCUT2D eigenvalue weighted by Gasteiger charge is 2.25. The Kier molecular flexibility index (Phi) is 2.15. The van der Waals surface area contributed by atoms with Crippen LogP contribution in [0, 0.1) is 0 Å². The maximum Gasteiger partial charge on any atom is 0.303 e. The van der Waals surface area contributed by atoms with E-state index >= 15 is 0 Å². The van der Waals surface area contributed by atoms with Crippen LogP contribution in [0.4, 0.5) is 5.69 Å². The highest BCUT2D eigenvalue weighted by molar-refractivity contribution is 5.67. The summed E-state index contributed by atoms with van der Waals surface area (Å²) in [5.74, 6) is -0.231. The largest absolute Gasteiger partial charge is 0.458 e. The Morgan fingerprint density at radius 1 is 1.57 bits per heavy atom. The summed E-state index contributed by atoms with van der Waals surface area (Å²) >= 11 is 0. The van der Waals surface area contributed by atoms with Crippen molar-refractivity contribution in [3.8, 4) is 0 Å². The van der Waals surface area contributed by atoms with Crippen molar-refractivity contribution in [2.24, 2.45) is 0 Å². The van der Waals surface area contributed by atoms with E-state index in [2.05, 4.69) is 0 Å². The summed E-state index contributed by atoms with van der Waals surface area (Å²) in [6.45, 7) is 1.43. The van der Waals surface area contributed by atoms with E-state index in [1.54, 1.807) is 0 Å². The first kappa shape index (κ1) is 9.06. The normalized spacial score (nSPS) is 19.1. The molecule has 14 heavy (non-hydrogen) atoms. The number of ether oxygens (including phenoxy) is 1. The molecule has 0 heterocycles. The van der Waals surface area contributed by atoms with Gasteiger partial charge < -0.3 is 10.5 Å². The van der Waals surface area contributed by atoms with Gasteiger partial charge in [-0.05, 0) is 30.0 Å². The third-order valence-electron chi connectivity index (χ3n) is 2.56. The molecule has 74 valence electrons. The Balaban J connectivity index is 2.30. The molecule has 0 aliphatic heterocycles. The van der Waals surface area contributed by atoms with Gasteiger partial charge in [-0.2, -0.15) is 0 Å². The molecule has 0 saturated heterocycles. The lowest BCUT2D eigenvalue weighted by Crippen LogP contribution is -2.05. The van der Waals surface area contributed by atoms with Crippen molar-refractivity contribution >= 4 is 11.7 Å². The molecule has 0 spiro atoms. The molecule has 0 bridgehead atoms. The maximum absolute atomic E-state index is 10.8. The topological polar surface area (TPSA) is 52.3 Å². The van der Waals surface area contributed by atoms with E-state index < -0.39 is 0 Å². The van der Waals surface area contributed by atoms with Crippen molar-refractivity contribution < 1.29 is 9.53 Å². The lowest BCUT2D eigenvalue weighted by molar-refractivity contribution is -0.146. The zero-order valence-corrected chi connectivity index (χ0v) is 8.12. The van der Waals surface area contributed by atoms with Crippen molar-refractivity contribution in [3.05, 3.63) is 29.3 Å². The van der Waals surface area contributed by atoms with Gasteiger partial charge in [0.15, 0.2) is 0 Å². The Hall–Kier alpha value is -1.51. The Bertz CT molecular complexity index is 374. The Labute approximate surface area is 82.9 Å². The van der Waals surface area contributed by atoms with Crippen LogP contribution in [0.3, 0.4) is 0 Å². The summed E-state index contributed by atoms with van der Waals surface area (Å²) < 4.78 is 5.20. The van der Waals surface area contributed by atoms with Gasteiger partial charge in [0.1, 0.15) is 6.10 Å². The van der Waals surface area contributed by atoms with Gasteiger partial charge in [0.2, 0.25) is 0 Å². The standard InChI is InChI=1S/C11H13NO2/c1-7(13)14-11-6-5-8-9(11)3-2-4-10(8)12/h2-4,11H,5-6,12H2,1H3. The minimum atomic E-state index is -0.231. The fraction of sp³-hybridized carbons (Fsp3) is 0.364. The van der Waals surface area contributed by atoms with Crippen molar-refractivity contribution in [3.63, 3.8) is 0 Å². The van der Waals surface area contributed by atoms with Crippen LogP contribution in [-0.2, 0) is 16.0 Å². The van der Waals surface area contributed by atoms with Gasteiger partial charge in [-0.15, -0.1) is 0 Å². The van der Waals surface area contributed by atoms with Crippen LogP contribution in [0.5, 0.6) is 0 Å². The minimum absolute atomic E-state index is 0.0917. The second kappa shape index (κ2) is 3.33. The molecule has 0 amide bonds. The van der Waals surface area contributed by atoms with E-state index in [0.717, 1.165) is 29.7 Å². The molecule has 2 rings (SSSR count). The molecule has 0 saturated carbocycles. The molecule has 1 aromatic carbocycles. The average molecular weight is 191 g/mol. The molecule has 3 heteroatoms. The number of anilines is 1. The summed E-state index contributed by atoms with van der Waals surface area (Å²) in [4.78, 5) is 10.8. The summed E-state index contributed by atoms with van der Waals surface area (Å²) in [5.41, 5.74) is 8.83. The monoisotopic (exact) mass is 191 g/mol. The van der Waals surface area contributed by atoms with Crippen molar-refractivity contribution in [2.75, 3.05) is 5.73 Å². The summed E-state index contributed by atoms with van der Waals surface area (Å²) in [7, 11) is 0. The molecule has 0 aromatic heterocycles. The number of nitrogens with two attached hydrogens (primary N) is 1. The molecule has 1 aromatic rings. The van der Waals surface area contributed by atoms with Crippen molar-refractivity contribution in [1.29, 1.82) is 0 Å². The fourth-order valence-electron chi connectivity index (χ4n) is 1.97. The summed E-state index contributed by atoms with van der Waals surface area (Å²) in [6.07, 6.45) is 1.66. The molecular weight excluding hydrogens is 178 g/mol. The Morgan fingerprint density at radius 2 is 2.36 bits per heavy atom. The first-order valence-corrected chi connectivity index (χ1v) is 4.73. The lowest BCUT2D eigenvalue weighted by atomic mass is 10.1. The smallest absolute Gasteiger partial charge is 0.303 e. The number of rotatable bonds is 1. The molecule has 3 nitrogen and oxygen atoms in total. The molecular formula is C11H13NO2. The summed E-state index contributed by atoms with van der Waals surface area (Å²) in [6, 6.07) is 5.76. The number of carbonyl (C=O) groups excluding carboxylic acids is 1. The number of benzene rings is 1. The van der Waals surface area contributed by atoms with Gasteiger partial charge >= 0.3 is 5.97 Å². The highest BCUT2D eigenvalue weighted by atomic mass is 16.5. The number of esters is 1. The van der Waals surface area contributed by atoms with Crippen molar-refractivity contribution in [2.45, 2.75) is 25.9 Å². The zero-order chi connectivity index (χ0) is 10.1. The molecule has 0 fully saturated rings. The van der Waals surface area contributed by atoms with Gasteiger partial charge in [-0.3, -0.25) is 4.79 Å². The van der Waals surface area contributed by atoms with E-state index in [4.69, 9.17) is 10.5 Å². The second-order valence-corrected chi connectivity index (χ2v) is 3.55. The SMILES string of the molecule is CC(=O)OC1CCc2c(N)cccc21. The average Bonchev–Trinajstić information content (AvgIpc) is 2.49. The number of nitrogen functional groups attached to an aromatic ring is 1. The lowest BCUT2D eigenvalue weighted by Gasteiger charge is -2.11. The number of hydrogen-bond acceptors (Lipinski definition) is 3. The van der Waals surface area contributed by atoms with Gasteiger partial charge in [-0.1, -0.05) is 12.1 Å². The third-order valence-corrected chi connectivity index (χ3v) is 2.56. The van der Waals surface area contributed by atoms with Crippen LogP contribution in [0.25, 0.3) is 0 Å². The van der Waals surface area contributed by atoms with E-state index in [1.165, 1.54) is 6.92 Å². The van der Waals surface area contributed by atoms with E-state index in [0.29, 0.717) is 0 Å². The third kappa shape index (κ3) is 1.45. The molecule has 1 unspecified atom stereocenters. The minimum Gasteiger partial charge on any atom is -0.458 e. The van der Waals surface area contributed by atoms with Gasteiger partial charge in [0.05, 0.1) is 0 Å². The number of carbonyl (C=O) groups is 1. The first-order valence-electron chi connectivity index (χ1n) is 4.73. The molecule has 1 atom stereocenters. The van der Waals surface area contributed by atoms with E-state index in [1.807, 2.05) is 18.2 Å². The number of hydrogen-bond donors (Lipinski definition) is 1. The van der Waals surface area contributed by atoms with E-state index in [9.17, 15) is 4.79 Å². The zero-order valence-electron chi connectivity index (χ0n) is 8.12.